The highest BCUT2D eigenvalue weighted by Crippen LogP contribution is 2.25. The molecule has 2 amide bonds. The average Bonchev–Trinajstić information content (AvgIpc) is 2.61. The number of nitrogens with zero attached hydrogens (tertiary/aromatic N) is 1. The molecule has 1 aromatic carbocycles. The van der Waals surface area contributed by atoms with Gasteiger partial charge in [-0.05, 0) is 17.7 Å². The maximum atomic E-state index is 11.4. The Labute approximate surface area is 103 Å². The molecule has 0 radical (unpaired) electrons. The van der Waals surface area contributed by atoms with Crippen molar-refractivity contribution in [2.45, 2.75) is 6.54 Å². The Hall–Kier alpha value is -1.69. The summed E-state index contributed by atoms with van der Waals surface area (Å²) in [7, 11) is 1.54. The Kier molecular flexibility index (Phi) is 3.23. The molecule has 1 fully saturated rings. The zero-order chi connectivity index (χ0) is 12.4. The third kappa shape index (κ3) is 2.36. The Morgan fingerprint density at radius 1 is 1.47 bits per heavy atom. The van der Waals surface area contributed by atoms with Gasteiger partial charge < -0.3 is 10.5 Å². The molecule has 0 bridgehead atoms. The van der Waals surface area contributed by atoms with E-state index in [1.54, 1.807) is 18.2 Å². The fourth-order valence-corrected chi connectivity index (χ4v) is 2.32. The molecular formula is C11H12N2O3S. The summed E-state index contributed by atoms with van der Waals surface area (Å²) in [5.41, 5.74) is 7.07. The van der Waals surface area contributed by atoms with E-state index in [1.807, 2.05) is 0 Å². The van der Waals surface area contributed by atoms with E-state index in [0.717, 1.165) is 17.3 Å². The van der Waals surface area contributed by atoms with Crippen molar-refractivity contribution < 1.29 is 14.3 Å². The summed E-state index contributed by atoms with van der Waals surface area (Å²) in [4.78, 5) is 24.1. The number of imide groups is 1. The smallest absolute Gasteiger partial charge is 0.289 e. The second-order valence-electron chi connectivity index (χ2n) is 3.61. The molecule has 1 aliphatic rings. The van der Waals surface area contributed by atoms with Crippen LogP contribution < -0.4 is 10.5 Å². The number of benzene rings is 1. The highest BCUT2D eigenvalue weighted by atomic mass is 32.2. The van der Waals surface area contributed by atoms with E-state index in [4.69, 9.17) is 10.5 Å². The number of nitrogens with two attached hydrogens (primary N) is 1. The van der Waals surface area contributed by atoms with Crippen molar-refractivity contribution in [2.75, 3.05) is 18.6 Å². The minimum absolute atomic E-state index is 0.158. The molecule has 0 saturated carbocycles. The van der Waals surface area contributed by atoms with Crippen LogP contribution in [0, 0.1) is 0 Å². The maximum Gasteiger partial charge on any atom is 0.289 e. The molecule has 0 spiro atoms. The van der Waals surface area contributed by atoms with E-state index in [2.05, 4.69) is 0 Å². The zero-order valence-electron chi connectivity index (χ0n) is 9.30. The normalized spacial score (nSPS) is 15.5. The van der Waals surface area contributed by atoms with Gasteiger partial charge in [0.2, 0.25) is 5.91 Å². The standard InChI is InChI=1S/C11H12N2O3S/c1-16-9-3-2-7(4-8(9)12)5-13-10(14)6-17-11(13)15/h2-4H,5-6,12H2,1H3. The minimum Gasteiger partial charge on any atom is -0.495 e. The number of hydrogen-bond donors (Lipinski definition) is 1. The van der Waals surface area contributed by atoms with Gasteiger partial charge >= 0.3 is 0 Å². The number of hydrogen-bond acceptors (Lipinski definition) is 5. The second-order valence-corrected chi connectivity index (χ2v) is 4.54. The van der Waals surface area contributed by atoms with E-state index in [9.17, 15) is 9.59 Å². The van der Waals surface area contributed by atoms with E-state index in [1.165, 1.54) is 12.0 Å². The maximum absolute atomic E-state index is 11.4. The molecule has 2 N–H and O–H groups in total. The number of rotatable bonds is 3. The summed E-state index contributed by atoms with van der Waals surface area (Å²) < 4.78 is 5.04. The van der Waals surface area contributed by atoms with Crippen LogP contribution in [-0.2, 0) is 11.3 Å². The van der Waals surface area contributed by atoms with Gasteiger partial charge in [-0.1, -0.05) is 17.8 Å². The molecule has 1 saturated heterocycles. The molecule has 0 unspecified atom stereocenters. The first-order chi connectivity index (χ1) is 8.11. The summed E-state index contributed by atoms with van der Waals surface area (Å²) in [6, 6.07) is 5.23. The Balaban J connectivity index is 2.16. The minimum atomic E-state index is -0.204. The number of nitrogen functional groups attached to an aromatic ring is 1. The van der Waals surface area contributed by atoms with Gasteiger partial charge in [0, 0.05) is 0 Å². The lowest BCUT2D eigenvalue weighted by molar-refractivity contribution is -0.125. The predicted octanol–water partition coefficient (Wildman–Crippen LogP) is 1.47. The van der Waals surface area contributed by atoms with Crippen molar-refractivity contribution in [2.24, 2.45) is 0 Å². The van der Waals surface area contributed by atoms with E-state index < -0.39 is 0 Å². The van der Waals surface area contributed by atoms with Crippen LogP contribution in [0.3, 0.4) is 0 Å². The van der Waals surface area contributed by atoms with Gasteiger partial charge in [0.25, 0.3) is 5.24 Å². The number of ether oxygens (including phenoxy) is 1. The number of methoxy groups -OCH3 is 1. The summed E-state index contributed by atoms with van der Waals surface area (Å²) in [5.74, 6) is 0.654. The number of amides is 2. The van der Waals surface area contributed by atoms with Crippen LogP contribution in [0.5, 0.6) is 5.75 Å². The lowest BCUT2D eigenvalue weighted by Crippen LogP contribution is -2.27. The first kappa shape index (κ1) is 11.8. The average molecular weight is 252 g/mol. The van der Waals surface area contributed by atoms with E-state index >= 15 is 0 Å². The Morgan fingerprint density at radius 2 is 2.24 bits per heavy atom. The topological polar surface area (TPSA) is 72.6 Å². The monoisotopic (exact) mass is 252 g/mol. The molecule has 1 heterocycles. The van der Waals surface area contributed by atoms with Crippen molar-refractivity contribution >= 4 is 28.6 Å². The Morgan fingerprint density at radius 3 is 2.76 bits per heavy atom. The van der Waals surface area contributed by atoms with Crippen LogP contribution in [0.4, 0.5) is 10.5 Å². The zero-order valence-corrected chi connectivity index (χ0v) is 10.1. The van der Waals surface area contributed by atoms with Crippen LogP contribution in [0.1, 0.15) is 5.56 Å². The molecule has 17 heavy (non-hydrogen) atoms. The van der Waals surface area contributed by atoms with Gasteiger partial charge in [-0.2, -0.15) is 0 Å². The molecule has 90 valence electrons. The second kappa shape index (κ2) is 4.67. The highest BCUT2D eigenvalue weighted by molar-refractivity contribution is 8.14. The Bertz CT molecular complexity index is 460. The molecule has 1 aliphatic heterocycles. The van der Waals surface area contributed by atoms with Crippen molar-refractivity contribution in [3.8, 4) is 5.75 Å². The quantitative estimate of drug-likeness (QED) is 0.825. The van der Waals surface area contributed by atoms with Crippen LogP contribution in [-0.4, -0.2) is 28.9 Å². The first-order valence-electron chi connectivity index (χ1n) is 5.01. The van der Waals surface area contributed by atoms with Gasteiger partial charge in [0.05, 0.1) is 25.1 Å². The number of carbonyl (C=O) groups is 2. The lowest BCUT2D eigenvalue weighted by Gasteiger charge is -2.13. The summed E-state index contributed by atoms with van der Waals surface area (Å²) in [5, 5.41) is -0.204. The number of carbonyl (C=O) groups excluding carboxylic acids is 2. The number of anilines is 1. The molecule has 0 aliphatic carbocycles. The first-order valence-corrected chi connectivity index (χ1v) is 6.00. The van der Waals surface area contributed by atoms with Crippen LogP contribution in [0.15, 0.2) is 18.2 Å². The molecule has 0 atom stereocenters. The fourth-order valence-electron chi connectivity index (χ4n) is 1.60. The molecule has 5 nitrogen and oxygen atoms in total. The van der Waals surface area contributed by atoms with Crippen LogP contribution in [0.2, 0.25) is 0 Å². The van der Waals surface area contributed by atoms with Gasteiger partial charge in [-0.15, -0.1) is 0 Å². The summed E-state index contributed by atoms with van der Waals surface area (Å²) >= 11 is 1.03. The molecule has 1 aromatic rings. The van der Waals surface area contributed by atoms with E-state index in [0.29, 0.717) is 11.4 Å². The summed E-state index contributed by atoms with van der Waals surface area (Å²) in [6.07, 6.45) is 0. The molecule has 6 heteroatoms. The molecule has 0 aromatic heterocycles. The molecular weight excluding hydrogens is 240 g/mol. The predicted molar refractivity (Wildman–Crippen MR) is 65.8 cm³/mol. The SMILES string of the molecule is COc1ccc(CN2C(=O)CSC2=O)cc1N. The van der Waals surface area contributed by atoms with Crippen molar-refractivity contribution in [1.82, 2.24) is 4.90 Å². The third-order valence-corrected chi connectivity index (χ3v) is 3.33. The highest BCUT2D eigenvalue weighted by Gasteiger charge is 2.29. The van der Waals surface area contributed by atoms with Crippen molar-refractivity contribution in [3.05, 3.63) is 23.8 Å². The third-order valence-electron chi connectivity index (χ3n) is 2.48. The largest absolute Gasteiger partial charge is 0.495 e. The van der Waals surface area contributed by atoms with Gasteiger partial charge in [0.15, 0.2) is 0 Å². The van der Waals surface area contributed by atoms with Gasteiger partial charge in [-0.3, -0.25) is 14.5 Å². The van der Waals surface area contributed by atoms with E-state index in [-0.39, 0.29) is 23.4 Å². The summed E-state index contributed by atoms with van der Waals surface area (Å²) in [6.45, 7) is 0.263. The lowest BCUT2D eigenvalue weighted by atomic mass is 10.2. The molecule has 2 rings (SSSR count). The van der Waals surface area contributed by atoms with Crippen LogP contribution >= 0.6 is 11.8 Å². The number of thioether (sulfide) groups is 1. The van der Waals surface area contributed by atoms with Crippen LogP contribution in [0.25, 0.3) is 0 Å². The van der Waals surface area contributed by atoms with Gasteiger partial charge in [-0.25, -0.2) is 0 Å². The van der Waals surface area contributed by atoms with Crippen molar-refractivity contribution in [1.29, 1.82) is 0 Å². The van der Waals surface area contributed by atoms with Crippen molar-refractivity contribution in [3.63, 3.8) is 0 Å². The van der Waals surface area contributed by atoms with Gasteiger partial charge in [0.1, 0.15) is 5.75 Å². The fraction of sp³-hybridized carbons (Fsp3) is 0.273.